The first-order chi connectivity index (χ1) is 24.5. The topological polar surface area (TPSA) is 98.6 Å². The number of Topliss-reactive ketones (excluding diaryl/α,β-unsaturated/α-hetero) is 1. The third-order valence-electron chi connectivity index (χ3n) is 9.43. The maximum Gasteiger partial charge on any atom is 0.538 e. The lowest BCUT2D eigenvalue weighted by Gasteiger charge is -2.30. The van der Waals surface area contributed by atoms with E-state index in [0.29, 0.717) is 40.9 Å². The quantitative estimate of drug-likeness (QED) is 0.231. The first kappa shape index (κ1) is 29.9. The van der Waals surface area contributed by atoms with E-state index in [9.17, 15) is 9.90 Å². The molecule has 3 aliphatic rings. The fourth-order valence-electron chi connectivity index (χ4n) is 7.11. The lowest BCUT2D eigenvalue weighted by molar-refractivity contribution is -0.109. The number of aliphatic hydroxyl groups excluding tert-OH is 1. The largest absolute Gasteiger partial charge is 0.538 e. The molecule has 0 atom stereocenters. The van der Waals surface area contributed by atoms with Crippen LogP contribution in [0, 0.1) is 0 Å². The maximum absolute atomic E-state index is 14.3. The maximum atomic E-state index is 14.3. The summed E-state index contributed by atoms with van der Waals surface area (Å²) < 4.78 is 24.0. The average molecular weight is 656 g/mol. The molecule has 0 spiro atoms. The van der Waals surface area contributed by atoms with E-state index < -0.39 is 14.1 Å². The van der Waals surface area contributed by atoms with Gasteiger partial charge in [-0.15, -0.1) is 0 Å². The molecule has 9 rings (SSSR count). The van der Waals surface area contributed by atoms with Crippen LogP contribution in [0.25, 0.3) is 32.7 Å². The monoisotopic (exact) mass is 656 g/mol. The van der Waals surface area contributed by atoms with Crippen LogP contribution in [0.4, 0.5) is 5.69 Å². The number of nitrogens with zero attached hydrogens (tertiary/aromatic N) is 1. The Hall–Kier alpha value is -6.15. The minimum atomic E-state index is -0.640. The predicted octanol–water partition coefficient (Wildman–Crippen LogP) is 5.10. The Kier molecular flexibility index (Phi) is 7.05. The van der Waals surface area contributed by atoms with Crippen molar-refractivity contribution < 1.29 is 28.7 Å². The van der Waals surface area contributed by atoms with Crippen LogP contribution in [0.15, 0.2) is 120 Å². The lowest BCUT2D eigenvalue weighted by Crippen LogP contribution is -2.46. The van der Waals surface area contributed by atoms with Crippen molar-refractivity contribution in [2.45, 2.75) is 13.8 Å². The summed E-state index contributed by atoms with van der Waals surface area (Å²) in [6.07, 6.45) is 0. The SMILES string of the molecule is CCOc1ccc(B2N=c3/c(=C4/C(=O)C(c5ccc6cccc7c6c5NB(c5ccc(OCC)cc5)O7)=C4O)ccc4cccc(c34)O2)cc1. The summed E-state index contributed by atoms with van der Waals surface area (Å²) in [5, 5.41) is 20.0. The Morgan fingerprint density at radius 3 is 1.98 bits per heavy atom. The molecule has 6 aromatic carbocycles. The van der Waals surface area contributed by atoms with Crippen LogP contribution >= 0.6 is 0 Å². The summed E-state index contributed by atoms with van der Waals surface area (Å²) in [6, 6.07) is 34.7. The molecule has 0 radical (unpaired) electrons. The Bertz CT molecular complexity index is 2530. The molecule has 242 valence electrons. The number of allylic oxidation sites excluding steroid dienone is 2. The highest BCUT2D eigenvalue weighted by Crippen LogP contribution is 2.45. The zero-order valence-corrected chi connectivity index (χ0v) is 27.4. The van der Waals surface area contributed by atoms with E-state index in [1.807, 2.05) is 123 Å². The van der Waals surface area contributed by atoms with Crippen molar-refractivity contribution in [2.75, 3.05) is 18.4 Å². The van der Waals surface area contributed by atoms with Crippen LogP contribution in [0.3, 0.4) is 0 Å². The van der Waals surface area contributed by atoms with Crippen LogP contribution in [0.5, 0.6) is 23.0 Å². The summed E-state index contributed by atoms with van der Waals surface area (Å²) in [7, 11) is -1.16. The van der Waals surface area contributed by atoms with E-state index in [1.54, 1.807) is 0 Å². The Morgan fingerprint density at radius 2 is 1.32 bits per heavy atom. The van der Waals surface area contributed by atoms with E-state index >= 15 is 0 Å². The van der Waals surface area contributed by atoms with E-state index in [-0.39, 0.29) is 22.7 Å². The first-order valence-electron chi connectivity index (χ1n) is 16.8. The van der Waals surface area contributed by atoms with Crippen LogP contribution < -0.4 is 45.5 Å². The second-order valence-electron chi connectivity index (χ2n) is 12.3. The number of carbonyl (C=O) groups excluding carboxylic acids is 1. The molecule has 50 heavy (non-hydrogen) atoms. The van der Waals surface area contributed by atoms with Crippen LogP contribution in [0.2, 0.25) is 0 Å². The molecular formula is C40H30B2N2O6. The Balaban J connectivity index is 1.18. The highest BCUT2D eigenvalue weighted by atomic mass is 16.5. The number of hydrogen-bond donors (Lipinski definition) is 2. The summed E-state index contributed by atoms with van der Waals surface area (Å²) in [5.41, 5.74) is 3.57. The Morgan fingerprint density at radius 1 is 0.700 bits per heavy atom. The zero-order chi connectivity index (χ0) is 33.9. The van der Waals surface area contributed by atoms with Gasteiger partial charge in [0.15, 0.2) is 0 Å². The number of carbonyl (C=O) groups is 1. The molecule has 6 aromatic rings. The number of hydrogen-bond acceptors (Lipinski definition) is 8. The summed E-state index contributed by atoms with van der Waals surface area (Å²) in [5.74, 6) is 2.58. The normalized spacial score (nSPS) is 15.6. The molecule has 0 amide bonds. The molecule has 0 aromatic heterocycles. The van der Waals surface area contributed by atoms with Gasteiger partial charge in [-0.05, 0) is 71.9 Å². The fraction of sp³-hybridized carbons (Fsp3) is 0.100. The Labute approximate surface area is 288 Å². The molecule has 0 bridgehead atoms. The fourth-order valence-corrected chi connectivity index (χ4v) is 7.11. The molecule has 2 N–H and O–H groups in total. The van der Waals surface area contributed by atoms with E-state index in [4.69, 9.17) is 23.7 Å². The molecule has 0 fully saturated rings. The van der Waals surface area contributed by atoms with Gasteiger partial charge in [0.05, 0.1) is 29.7 Å². The number of ketones is 1. The van der Waals surface area contributed by atoms with Gasteiger partial charge in [0, 0.05) is 27.2 Å². The van der Waals surface area contributed by atoms with Crippen molar-refractivity contribution in [2.24, 2.45) is 4.90 Å². The minimum Gasteiger partial charge on any atom is -0.537 e. The van der Waals surface area contributed by atoms with E-state index in [0.717, 1.165) is 49.7 Å². The standard InChI is InChI=1S/C40H30B2N2O6/c1-3-47-27-17-13-25(14-18-27)41-43-37-29(21-11-23-7-5-9-31(49-41)33(23)37)35-39(45)36(40(35)46)30-22-12-24-8-6-10-32-34(24)38(30)44-42(50-32)26-15-19-28(20-16-26)48-4-2/h5-22,43,45H,3-4H2,1-2H3/b36-30+. The van der Waals surface area contributed by atoms with Crippen molar-refractivity contribution in [3.05, 3.63) is 131 Å². The molecule has 0 saturated carbocycles. The molecule has 10 heteroatoms. The second-order valence-corrected chi connectivity index (χ2v) is 12.3. The summed E-state index contributed by atoms with van der Waals surface area (Å²) >= 11 is 0. The van der Waals surface area contributed by atoms with Crippen molar-refractivity contribution in [3.8, 4) is 23.0 Å². The number of rotatable bonds is 7. The number of nitrogens with one attached hydrogen (secondary N) is 1. The number of aliphatic hydroxyl groups is 1. The van der Waals surface area contributed by atoms with Crippen molar-refractivity contribution in [1.29, 1.82) is 0 Å². The number of benzene rings is 6. The number of ether oxygens (including phenoxy) is 2. The van der Waals surface area contributed by atoms with Gasteiger partial charge in [0.25, 0.3) is 0 Å². The summed E-state index contributed by atoms with van der Waals surface area (Å²) in [6.45, 7) is 5.04. The molecule has 0 saturated heterocycles. The van der Waals surface area contributed by atoms with Crippen LogP contribution in [0.1, 0.15) is 19.4 Å². The van der Waals surface area contributed by atoms with Crippen LogP contribution in [-0.4, -0.2) is 38.2 Å². The highest BCUT2D eigenvalue weighted by molar-refractivity contribution is 6.72. The molecule has 2 heterocycles. The van der Waals surface area contributed by atoms with E-state index in [1.165, 1.54) is 0 Å². The van der Waals surface area contributed by atoms with Gasteiger partial charge in [-0.2, -0.15) is 0 Å². The minimum absolute atomic E-state index is 0.0682. The van der Waals surface area contributed by atoms with Gasteiger partial charge in [-0.25, -0.2) is 0 Å². The molecule has 1 aliphatic carbocycles. The van der Waals surface area contributed by atoms with Gasteiger partial charge in [0.1, 0.15) is 28.8 Å². The van der Waals surface area contributed by atoms with Crippen LogP contribution in [-0.2, 0) is 4.79 Å². The van der Waals surface area contributed by atoms with Gasteiger partial charge in [0.2, 0.25) is 5.78 Å². The molecule has 2 aliphatic heterocycles. The van der Waals surface area contributed by atoms with Gasteiger partial charge in [-0.3, -0.25) is 9.70 Å². The second kappa shape index (κ2) is 11.8. The van der Waals surface area contributed by atoms with Crippen molar-refractivity contribution in [1.82, 2.24) is 0 Å². The lowest BCUT2D eigenvalue weighted by atomic mass is 9.70. The molecular weight excluding hydrogens is 626 g/mol. The van der Waals surface area contributed by atoms with Crippen molar-refractivity contribution >= 4 is 69.2 Å². The molecule has 0 unspecified atom stereocenters. The summed E-state index contributed by atoms with van der Waals surface area (Å²) in [4.78, 5) is 19.3. The molecule has 8 nitrogen and oxygen atoms in total. The van der Waals surface area contributed by atoms with Gasteiger partial charge < -0.3 is 29.1 Å². The first-order valence-corrected chi connectivity index (χ1v) is 16.8. The van der Waals surface area contributed by atoms with Gasteiger partial charge >= 0.3 is 14.1 Å². The van der Waals surface area contributed by atoms with Crippen molar-refractivity contribution in [3.63, 3.8) is 0 Å². The highest BCUT2D eigenvalue weighted by Gasteiger charge is 2.40. The predicted molar refractivity (Wildman–Crippen MR) is 198 cm³/mol. The van der Waals surface area contributed by atoms with E-state index in [2.05, 4.69) is 5.23 Å². The zero-order valence-electron chi connectivity index (χ0n) is 27.4. The third-order valence-corrected chi connectivity index (χ3v) is 9.43. The smallest absolute Gasteiger partial charge is 0.537 e. The number of anilines is 1. The third kappa shape index (κ3) is 4.70. The average Bonchev–Trinajstić information content (AvgIpc) is 3.14. The van der Waals surface area contributed by atoms with Gasteiger partial charge in [-0.1, -0.05) is 72.8 Å².